The number of ether oxygens (including phenoxy) is 1. The van der Waals surface area contributed by atoms with Gasteiger partial charge in [-0.25, -0.2) is 5.43 Å². The highest BCUT2D eigenvalue weighted by molar-refractivity contribution is 9.10. The summed E-state index contributed by atoms with van der Waals surface area (Å²) in [6.45, 7) is 0. The molecule has 0 aliphatic carbocycles. The molecule has 0 saturated carbocycles. The van der Waals surface area contributed by atoms with E-state index in [1.54, 1.807) is 24.3 Å². The van der Waals surface area contributed by atoms with Gasteiger partial charge in [0.05, 0.1) is 23.8 Å². The molecule has 118 valence electrons. The molecule has 23 heavy (non-hydrogen) atoms. The Labute approximate surface area is 140 Å². The van der Waals surface area contributed by atoms with E-state index < -0.39 is 10.8 Å². The van der Waals surface area contributed by atoms with Gasteiger partial charge in [0.2, 0.25) is 0 Å². The van der Waals surface area contributed by atoms with Crippen LogP contribution in [0.4, 0.5) is 5.69 Å². The Morgan fingerprint density at radius 3 is 2.74 bits per heavy atom. The third-order valence-corrected chi connectivity index (χ3v) is 3.60. The van der Waals surface area contributed by atoms with E-state index >= 15 is 0 Å². The molecule has 0 aliphatic heterocycles. The maximum absolute atomic E-state index is 12.0. The number of hydrogen-bond acceptors (Lipinski definition) is 5. The van der Waals surface area contributed by atoms with Crippen molar-refractivity contribution in [1.82, 2.24) is 5.43 Å². The van der Waals surface area contributed by atoms with Crippen molar-refractivity contribution in [2.45, 2.75) is 0 Å². The number of carbonyl (C=O) groups excluding carboxylic acids is 1. The van der Waals surface area contributed by atoms with Crippen LogP contribution in [0.25, 0.3) is 0 Å². The molecule has 0 aliphatic rings. The van der Waals surface area contributed by atoms with E-state index in [0.29, 0.717) is 21.3 Å². The molecule has 0 heterocycles. The fourth-order valence-electron chi connectivity index (χ4n) is 1.79. The molecule has 0 atom stereocenters. The average Bonchev–Trinajstić information content (AvgIpc) is 2.55. The fraction of sp³-hybridized carbons (Fsp3) is 0.0667. The molecule has 2 rings (SSSR count). The van der Waals surface area contributed by atoms with Crippen LogP contribution in [0.15, 0.2) is 52.0 Å². The minimum absolute atomic E-state index is 0.0351. The largest absolute Gasteiger partial charge is 0.496 e. The molecule has 0 radical (unpaired) electrons. The molecular weight excluding hydrogens is 366 g/mol. The maximum Gasteiger partial charge on any atom is 0.275 e. The smallest absolute Gasteiger partial charge is 0.275 e. The van der Waals surface area contributed by atoms with Crippen molar-refractivity contribution in [3.63, 3.8) is 0 Å². The van der Waals surface area contributed by atoms with Crippen molar-refractivity contribution < 1.29 is 14.5 Å². The van der Waals surface area contributed by atoms with Gasteiger partial charge in [-0.1, -0.05) is 12.1 Å². The zero-order valence-electron chi connectivity index (χ0n) is 12.0. The molecule has 0 fully saturated rings. The SMILES string of the molecule is COc1ccccc1C(=O)N/N=C\c1ccc([N+](=O)[O-])cc1Br. The predicted octanol–water partition coefficient (Wildman–Crippen LogP) is 3.13. The zero-order chi connectivity index (χ0) is 16.8. The fourth-order valence-corrected chi connectivity index (χ4v) is 2.26. The average molecular weight is 378 g/mol. The monoisotopic (exact) mass is 377 g/mol. The summed E-state index contributed by atoms with van der Waals surface area (Å²) in [6, 6.07) is 11.0. The summed E-state index contributed by atoms with van der Waals surface area (Å²) >= 11 is 3.22. The molecular formula is C15H12BrN3O4. The number of benzene rings is 2. The second-order valence-corrected chi connectivity index (χ2v) is 5.22. The predicted molar refractivity (Wildman–Crippen MR) is 88.9 cm³/mol. The first kappa shape index (κ1) is 16.6. The molecule has 0 aromatic heterocycles. The Morgan fingerprint density at radius 1 is 1.35 bits per heavy atom. The van der Waals surface area contributed by atoms with E-state index in [9.17, 15) is 14.9 Å². The van der Waals surface area contributed by atoms with Crippen LogP contribution in [0.1, 0.15) is 15.9 Å². The number of nitrogens with zero attached hydrogens (tertiary/aromatic N) is 2. The summed E-state index contributed by atoms with van der Waals surface area (Å²) in [5.41, 5.74) is 3.30. The number of non-ortho nitro benzene ring substituents is 1. The number of nitro groups is 1. The molecule has 2 aromatic carbocycles. The Bertz CT molecular complexity index is 777. The zero-order valence-corrected chi connectivity index (χ0v) is 13.6. The van der Waals surface area contributed by atoms with Gasteiger partial charge in [-0.05, 0) is 34.1 Å². The molecule has 1 N–H and O–H groups in total. The summed E-state index contributed by atoms with van der Waals surface area (Å²) < 4.78 is 5.60. The van der Waals surface area contributed by atoms with E-state index in [0.717, 1.165) is 0 Å². The number of amides is 1. The van der Waals surface area contributed by atoms with Crippen LogP contribution in [0.5, 0.6) is 5.75 Å². The van der Waals surface area contributed by atoms with E-state index in [-0.39, 0.29) is 5.69 Å². The minimum Gasteiger partial charge on any atom is -0.496 e. The second-order valence-electron chi connectivity index (χ2n) is 4.36. The van der Waals surface area contributed by atoms with Crippen LogP contribution < -0.4 is 10.2 Å². The van der Waals surface area contributed by atoms with E-state index in [2.05, 4.69) is 26.5 Å². The van der Waals surface area contributed by atoms with Crippen LogP contribution in [-0.4, -0.2) is 24.2 Å². The first-order chi connectivity index (χ1) is 11.0. The van der Waals surface area contributed by atoms with E-state index in [1.807, 2.05) is 0 Å². The number of nitrogens with one attached hydrogen (secondary N) is 1. The highest BCUT2D eigenvalue weighted by Crippen LogP contribution is 2.21. The van der Waals surface area contributed by atoms with Gasteiger partial charge >= 0.3 is 0 Å². The summed E-state index contributed by atoms with van der Waals surface area (Å²) in [5, 5.41) is 14.5. The summed E-state index contributed by atoms with van der Waals surface area (Å²) in [5.74, 6) is 0.0217. The van der Waals surface area contributed by atoms with Crippen molar-refractivity contribution in [1.29, 1.82) is 0 Å². The lowest BCUT2D eigenvalue weighted by molar-refractivity contribution is -0.384. The number of rotatable bonds is 5. The van der Waals surface area contributed by atoms with Crippen molar-refractivity contribution >= 4 is 33.7 Å². The first-order valence-electron chi connectivity index (χ1n) is 6.43. The van der Waals surface area contributed by atoms with Crippen LogP contribution >= 0.6 is 15.9 Å². The quantitative estimate of drug-likeness (QED) is 0.491. The maximum atomic E-state index is 12.0. The molecule has 0 unspecified atom stereocenters. The number of carbonyl (C=O) groups is 1. The van der Waals surface area contributed by atoms with Crippen LogP contribution in [0.3, 0.4) is 0 Å². The minimum atomic E-state index is -0.491. The normalized spacial score (nSPS) is 10.5. The number of hydrogen-bond donors (Lipinski definition) is 1. The Balaban J connectivity index is 2.10. The van der Waals surface area contributed by atoms with Gasteiger partial charge in [0.15, 0.2) is 0 Å². The van der Waals surface area contributed by atoms with Crippen molar-refractivity contribution in [2.24, 2.45) is 5.10 Å². The first-order valence-corrected chi connectivity index (χ1v) is 7.22. The van der Waals surface area contributed by atoms with Crippen LogP contribution in [-0.2, 0) is 0 Å². The third kappa shape index (κ3) is 4.13. The lowest BCUT2D eigenvalue weighted by atomic mass is 10.2. The molecule has 0 saturated heterocycles. The lowest BCUT2D eigenvalue weighted by Gasteiger charge is -2.06. The third-order valence-electron chi connectivity index (χ3n) is 2.92. The van der Waals surface area contributed by atoms with Crippen molar-refractivity contribution in [3.8, 4) is 5.75 Å². The second kappa shape index (κ2) is 7.50. The lowest BCUT2D eigenvalue weighted by Crippen LogP contribution is -2.18. The summed E-state index contributed by atoms with van der Waals surface area (Å²) in [6.07, 6.45) is 1.39. The van der Waals surface area contributed by atoms with Crippen LogP contribution in [0.2, 0.25) is 0 Å². The highest BCUT2D eigenvalue weighted by atomic mass is 79.9. The number of para-hydroxylation sites is 1. The van der Waals surface area contributed by atoms with Crippen molar-refractivity contribution in [3.05, 3.63) is 68.2 Å². The standard InChI is InChI=1S/C15H12BrN3O4/c1-23-14-5-3-2-4-12(14)15(20)18-17-9-10-6-7-11(19(21)22)8-13(10)16/h2-9H,1H3,(H,18,20)/b17-9-. The highest BCUT2D eigenvalue weighted by Gasteiger charge is 2.11. The van der Waals surface area contributed by atoms with Gasteiger partial charge in [-0.3, -0.25) is 14.9 Å². The number of hydrazone groups is 1. The van der Waals surface area contributed by atoms with Gasteiger partial charge in [0.25, 0.3) is 11.6 Å². The Hall–Kier alpha value is -2.74. The van der Waals surface area contributed by atoms with Gasteiger partial charge in [-0.15, -0.1) is 0 Å². The van der Waals surface area contributed by atoms with Gasteiger partial charge < -0.3 is 4.74 Å². The molecule has 0 bridgehead atoms. The summed E-state index contributed by atoms with van der Waals surface area (Å²) in [7, 11) is 1.48. The Kier molecular flexibility index (Phi) is 5.42. The number of nitro benzene ring substituents is 1. The van der Waals surface area contributed by atoms with E-state index in [1.165, 1.54) is 31.5 Å². The number of halogens is 1. The summed E-state index contributed by atoms with van der Waals surface area (Å²) in [4.78, 5) is 22.2. The number of methoxy groups -OCH3 is 1. The van der Waals surface area contributed by atoms with Gasteiger partial charge in [0, 0.05) is 22.2 Å². The van der Waals surface area contributed by atoms with Crippen LogP contribution in [0, 0.1) is 10.1 Å². The molecule has 0 spiro atoms. The van der Waals surface area contributed by atoms with Gasteiger partial charge in [-0.2, -0.15) is 5.10 Å². The van der Waals surface area contributed by atoms with Crippen molar-refractivity contribution in [2.75, 3.05) is 7.11 Å². The molecule has 2 aromatic rings. The molecule has 8 heteroatoms. The molecule has 7 nitrogen and oxygen atoms in total. The molecule has 1 amide bonds. The van der Waals surface area contributed by atoms with E-state index in [4.69, 9.17) is 4.74 Å². The Morgan fingerprint density at radius 2 is 2.09 bits per heavy atom. The topological polar surface area (TPSA) is 93.8 Å². The van der Waals surface area contributed by atoms with Gasteiger partial charge in [0.1, 0.15) is 5.75 Å².